The summed E-state index contributed by atoms with van der Waals surface area (Å²) in [7, 11) is 0. The van der Waals surface area contributed by atoms with Crippen LogP contribution in [0.3, 0.4) is 0 Å². The Morgan fingerprint density at radius 3 is 2.31 bits per heavy atom. The number of nitrogens with zero attached hydrogens (tertiary/aromatic N) is 1. The summed E-state index contributed by atoms with van der Waals surface area (Å²) in [6.07, 6.45) is -1.19. The molecule has 0 spiro atoms. The van der Waals surface area contributed by atoms with Gasteiger partial charge in [0.1, 0.15) is 12.2 Å². The number of unbranched alkanes of at least 4 members (excludes halogenated alkanes) is 1. The minimum Gasteiger partial charge on any atom is -0.395 e. The summed E-state index contributed by atoms with van der Waals surface area (Å²) in [6.45, 7) is 2.89. The largest absolute Gasteiger partial charge is 0.395 e. The molecule has 0 aliphatic carbocycles. The molecule has 4 N–H and O–H groups in total. The molecule has 1 aliphatic rings. The number of β-amino-alcohol motifs (C(OH)–C–C–N with tert-alkyl or cyclic N) is 1. The van der Waals surface area contributed by atoms with Crippen LogP contribution in [0.5, 0.6) is 0 Å². The normalized spacial score (nSPS) is 35.8. The number of hydrogen-bond donors (Lipinski definition) is 4. The molecule has 4 atom stereocenters. The first-order valence-corrected chi connectivity index (χ1v) is 5.51. The van der Waals surface area contributed by atoms with E-state index < -0.39 is 24.4 Å². The molecule has 0 radical (unpaired) electrons. The summed E-state index contributed by atoms with van der Waals surface area (Å²) in [5, 5.41) is 37.8. The standard InChI is InChI=1S/C10H21NO4.ClH/c1-2-3-4-11-5-8(13)10(15)9(14)7(11)6-12;/h7-10,12-15H,2-6H2,1H3;1H/t7-,8+,9+,10-;/m0./s1. The predicted octanol–water partition coefficient (Wildman–Crippen LogP) is -1.03. The Balaban J connectivity index is 0.00000225. The summed E-state index contributed by atoms with van der Waals surface area (Å²) < 4.78 is 0. The van der Waals surface area contributed by atoms with Gasteiger partial charge >= 0.3 is 0 Å². The highest BCUT2D eigenvalue weighted by Gasteiger charge is 2.40. The Hall–Kier alpha value is 0.0900. The smallest absolute Gasteiger partial charge is 0.109 e. The molecule has 0 bridgehead atoms. The number of hydrogen-bond acceptors (Lipinski definition) is 5. The van der Waals surface area contributed by atoms with Crippen LogP contribution in [-0.2, 0) is 0 Å². The van der Waals surface area contributed by atoms with Gasteiger partial charge in [-0.2, -0.15) is 0 Å². The maximum atomic E-state index is 9.67. The van der Waals surface area contributed by atoms with Crippen LogP contribution in [0.1, 0.15) is 19.8 Å². The van der Waals surface area contributed by atoms with Gasteiger partial charge in [-0.3, -0.25) is 4.90 Å². The lowest BCUT2D eigenvalue weighted by atomic mass is 9.94. The third kappa shape index (κ3) is 3.55. The van der Waals surface area contributed by atoms with Gasteiger partial charge in [-0.15, -0.1) is 12.4 Å². The van der Waals surface area contributed by atoms with Gasteiger partial charge in [-0.1, -0.05) is 13.3 Å². The van der Waals surface area contributed by atoms with Crippen LogP contribution in [-0.4, -0.2) is 69.4 Å². The average Bonchev–Trinajstić information content (AvgIpc) is 2.23. The number of piperidine rings is 1. The zero-order valence-electron chi connectivity index (χ0n) is 9.49. The van der Waals surface area contributed by atoms with Crippen LogP contribution in [0.25, 0.3) is 0 Å². The fourth-order valence-corrected chi connectivity index (χ4v) is 2.00. The van der Waals surface area contributed by atoms with Crippen molar-refractivity contribution < 1.29 is 20.4 Å². The maximum Gasteiger partial charge on any atom is 0.109 e. The molecule has 98 valence electrons. The topological polar surface area (TPSA) is 84.2 Å². The molecule has 0 aromatic heterocycles. The molecule has 1 saturated heterocycles. The van der Waals surface area contributed by atoms with Crippen molar-refractivity contribution in [3.05, 3.63) is 0 Å². The number of likely N-dealkylation sites (tertiary alicyclic amines) is 1. The van der Waals surface area contributed by atoms with Gasteiger partial charge in [0.05, 0.1) is 18.8 Å². The van der Waals surface area contributed by atoms with Crippen molar-refractivity contribution in [2.75, 3.05) is 19.7 Å². The second kappa shape index (κ2) is 7.42. The highest BCUT2D eigenvalue weighted by atomic mass is 35.5. The van der Waals surface area contributed by atoms with Gasteiger partial charge in [-0.25, -0.2) is 0 Å². The van der Waals surface area contributed by atoms with Crippen molar-refractivity contribution in [2.24, 2.45) is 0 Å². The molecule has 0 unspecified atom stereocenters. The Morgan fingerprint density at radius 2 is 1.81 bits per heavy atom. The molecular weight excluding hydrogens is 234 g/mol. The quantitative estimate of drug-likeness (QED) is 0.516. The summed E-state index contributed by atoms with van der Waals surface area (Å²) in [5.41, 5.74) is 0. The van der Waals surface area contributed by atoms with Gasteiger partial charge in [0.25, 0.3) is 0 Å². The Kier molecular flexibility index (Phi) is 7.46. The van der Waals surface area contributed by atoms with Crippen molar-refractivity contribution >= 4 is 12.4 Å². The minimum atomic E-state index is -1.15. The molecule has 0 aromatic rings. The van der Waals surface area contributed by atoms with E-state index in [9.17, 15) is 15.3 Å². The average molecular weight is 256 g/mol. The van der Waals surface area contributed by atoms with Gasteiger partial charge in [0, 0.05) is 6.54 Å². The Bertz CT molecular complexity index is 196. The van der Waals surface area contributed by atoms with Crippen molar-refractivity contribution in [3.63, 3.8) is 0 Å². The summed E-state index contributed by atoms with van der Waals surface area (Å²) in [5.74, 6) is 0. The lowest BCUT2D eigenvalue weighted by molar-refractivity contribution is -0.145. The SMILES string of the molecule is CCCCN1C[C@@H](O)[C@H](O)[C@H](O)[C@@H]1CO.Cl. The molecule has 1 fully saturated rings. The van der Waals surface area contributed by atoms with Gasteiger partial charge in [0.2, 0.25) is 0 Å². The van der Waals surface area contributed by atoms with E-state index in [0.29, 0.717) is 6.54 Å². The van der Waals surface area contributed by atoms with E-state index >= 15 is 0 Å². The lowest BCUT2D eigenvalue weighted by Gasteiger charge is -2.43. The Labute approximate surface area is 102 Å². The lowest BCUT2D eigenvalue weighted by Crippen LogP contribution is -2.62. The van der Waals surface area contributed by atoms with Crippen LogP contribution in [0, 0.1) is 0 Å². The second-order valence-corrected chi connectivity index (χ2v) is 4.15. The third-order valence-corrected chi connectivity index (χ3v) is 3.01. The van der Waals surface area contributed by atoms with Crippen molar-refractivity contribution in [3.8, 4) is 0 Å². The molecule has 1 aliphatic heterocycles. The Morgan fingerprint density at radius 1 is 1.19 bits per heavy atom. The summed E-state index contributed by atoms with van der Waals surface area (Å²) in [6, 6.07) is -0.463. The second-order valence-electron chi connectivity index (χ2n) is 4.15. The van der Waals surface area contributed by atoms with E-state index in [-0.39, 0.29) is 19.0 Å². The van der Waals surface area contributed by atoms with Gasteiger partial charge in [-0.05, 0) is 13.0 Å². The van der Waals surface area contributed by atoms with E-state index in [2.05, 4.69) is 6.92 Å². The highest BCUT2D eigenvalue weighted by Crippen LogP contribution is 2.19. The van der Waals surface area contributed by atoms with Crippen molar-refractivity contribution in [1.29, 1.82) is 0 Å². The van der Waals surface area contributed by atoms with Crippen LogP contribution in [0.15, 0.2) is 0 Å². The third-order valence-electron chi connectivity index (χ3n) is 3.01. The van der Waals surface area contributed by atoms with Crippen LogP contribution in [0.4, 0.5) is 0 Å². The molecule has 5 nitrogen and oxygen atoms in total. The fraction of sp³-hybridized carbons (Fsp3) is 1.00. The van der Waals surface area contributed by atoms with Crippen molar-refractivity contribution in [1.82, 2.24) is 4.90 Å². The maximum absolute atomic E-state index is 9.67. The molecule has 0 amide bonds. The molecule has 0 aromatic carbocycles. The molecule has 1 rings (SSSR count). The molecule has 1 heterocycles. The highest BCUT2D eigenvalue weighted by molar-refractivity contribution is 5.85. The van der Waals surface area contributed by atoms with Crippen LogP contribution in [0.2, 0.25) is 0 Å². The molecule has 6 heteroatoms. The van der Waals surface area contributed by atoms with E-state index in [1.807, 2.05) is 4.90 Å². The predicted molar refractivity (Wildman–Crippen MR) is 62.6 cm³/mol. The van der Waals surface area contributed by atoms with Gasteiger partial charge < -0.3 is 20.4 Å². The molecule has 16 heavy (non-hydrogen) atoms. The van der Waals surface area contributed by atoms with Crippen LogP contribution >= 0.6 is 12.4 Å². The van der Waals surface area contributed by atoms with E-state index in [1.165, 1.54) is 0 Å². The summed E-state index contributed by atoms with van der Waals surface area (Å²) >= 11 is 0. The first-order chi connectivity index (χ1) is 7.11. The fourth-order valence-electron chi connectivity index (χ4n) is 2.00. The summed E-state index contributed by atoms with van der Waals surface area (Å²) in [4.78, 5) is 1.84. The number of aliphatic hydroxyl groups is 4. The van der Waals surface area contributed by atoms with Gasteiger partial charge in [0.15, 0.2) is 0 Å². The number of halogens is 1. The molecule has 0 saturated carbocycles. The van der Waals surface area contributed by atoms with E-state index in [1.54, 1.807) is 0 Å². The number of rotatable bonds is 4. The first-order valence-electron chi connectivity index (χ1n) is 5.51. The number of aliphatic hydroxyl groups excluding tert-OH is 4. The zero-order chi connectivity index (χ0) is 11.4. The van der Waals surface area contributed by atoms with Crippen molar-refractivity contribution in [2.45, 2.75) is 44.1 Å². The van der Waals surface area contributed by atoms with Crippen LogP contribution < -0.4 is 0 Å². The minimum absolute atomic E-state index is 0. The van der Waals surface area contributed by atoms with E-state index in [0.717, 1.165) is 19.4 Å². The molecular formula is C10H22ClNO4. The monoisotopic (exact) mass is 255 g/mol. The first kappa shape index (κ1) is 16.1. The zero-order valence-corrected chi connectivity index (χ0v) is 10.3. The van der Waals surface area contributed by atoms with E-state index in [4.69, 9.17) is 5.11 Å².